The normalized spacial score (nSPS) is 49.7. The van der Waals surface area contributed by atoms with Crippen LogP contribution in [0.1, 0.15) is 46.0 Å². The van der Waals surface area contributed by atoms with Crippen molar-refractivity contribution in [3.63, 3.8) is 0 Å². The van der Waals surface area contributed by atoms with E-state index in [1.807, 2.05) is 13.8 Å². The predicted octanol–water partition coefficient (Wildman–Crippen LogP) is 1.88. The summed E-state index contributed by atoms with van der Waals surface area (Å²) in [6.45, 7) is 4.07. The molecule has 0 bridgehead atoms. The zero-order chi connectivity index (χ0) is 11.6. The standard InChI is InChI=1S/C13H20O3/c1-12(2)10-4-3-9(14)8-7-13(8,10)6-5-11(15)16-12/h8-10,14H,3-7H2,1-2H3/t8-,9+,10-,13-/m0/s1. The molecule has 0 unspecified atom stereocenters. The number of carbonyl (C=O) groups is 1. The number of rotatable bonds is 0. The Bertz CT molecular complexity index is 336. The molecule has 1 spiro atoms. The Hall–Kier alpha value is -0.570. The van der Waals surface area contributed by atoms with Crippen molar-refractivity contribution in [1.82, 2.24) is 0 Å². The van der Waals surface area contributed by atoms with Crippen molar-refractivity contribution in [3.05, 3.63) is 0 Å². The second kappa shape index (κ2) is 3.00. The molecule has 0 aromatic rings. The van der Waals surface area contributed by atoms with Crippen molar-refractivity contribution in [2.75, 3.05) is 0 Å². The highest BCUT2D eigenvalue weighted by molar-refractivity contribution is 5.70. The van der Waals surface area contributed by atoms with Crippen LogP contribution in [0.4, 0.5) is 0 Å². The lowest BCUT2D eigenvalue weighted by atomic mass is 9.68. The number of hydrogen-bond acceptors (Lipinski definition) is 3. The molecule has 90 valence electrons. The van der Waals surface area contributed by atoms with E-state index >= 15 is 0 Å². The quantitative estimate of drug-likeness (QED) is 0.639. The van der Waals surface area contributed by atoms with Crippen molar-refractivity contribution in [2.45, 2.75) is 57.7 Å². The average Bonchev–Trinajstić information content (AvgIpc) is 2.91. The monoisotopic (exact) mass is 224 g/mol. The third-order valence-corrected chi connectivity index (χ3v) is 5.10. The summed E-state index contributed by atoms with van der Waals surface area (Å²) in [7, 11) is 0. The highest BCUT2D eigenvalue weighted by Crippen LogP contribution is 2.69. The van der Waals surface area contributed by atoms with Crippen LogP contribution in [0.5, 0.6) is 0 Å². The number of aliphatic hydroxyl groups is 1. The van der Waals surface area contributed by atoms with E-state index in [0.29, 0.717) is 18.3 Å². The van der Waals surface area contributed by atoms with Gasteiger partial charge in [0.1, 0.15) is 5.60 Å². The Morgan fingerprint density at radius 3 is 2.88 bits per heavy atom. The van der Waals surface area contributed by atoms with Gasteiger partial charge in [-0.25, -0.2) is 0 Å². The second-order valence-corrected chi connectivity index (χ2v) is 6.32. The summed E-state index contributed by atoms with van der Waals surface area (Å²) in [6.07, 6.45) is 4.28. The van der Waals surface area contributed by atoms with Crippen molar-refractivity contribution < 1.29 is 14.6 Å². The summed E-state index contributed by atoms with van der Waals surface area (Å²) in [6, 6.07) is 0. The fourth-order valence-electron chi connectivity index (χ4n) is 4.35. The molecule has 16 heavy (non-hydrogen) atoms. The Morgan fingerprint density at radius 1 is 1.38 bits per heavy atom. The highest BCUT2D eigenvalue weighted by Gasteiger charge is 2.67. The molecule has 3 rings (SSSR count). The van der Waals surface area contributed by atoms with Crippen LogP contribution in [0.25, 0.3) is 0 Å². The van der Waals surface area contributed by atoms with E-state index in [2.05, 4.69) is 0 Å². The minimum atomic E-state index is -0.345. The molecule has 0 amide bonds. The summed E-state index contributed by atoms with van der Waals surface area (Å²) in [4.78, 5) is 11.6. The molecule has 3 fully saturated rings. The Labute approximate surface area is 96.2 Å². The molecule has 3 heteroatoms. The van der Waals surface area contributed by atoms with Crippen LogP contribution < -0.4 is 0 Å². The lowest BCUT2D eigenvalue weighted by Crippen LogP contribution is -2.43. The van der Waals surface area contributed by atoms with Gasteiger partial charge in [-0.3, -0.25) is 4.79 Å². The number of carbonyl (C=O) groups excluding carboxylic acids is 1. The van der Waals surface area contributed by atoms with Crippen LogP contribution in [-0.2, 0) is 9.53 Å². The first-order valence-electron chi connectivity index (χ1n) is 6.36. The number of hydrogen-bond donors (Lipinski definition) is 1. The maximum atomic E-state index is 11.6. The number of ether oxygens (including phenoxy) is 1. The molecule has 0 aromatic heterocycles. The van der Waals surface area contributed by atoms with E-state index < -0.39 is 0 Å². The zero-order valence-electron chi connectivity index (χ0n) is 10.0. The van der Waals surface area contributed by atoms with Gasteiger partial charge in [-0.1, -0.05) is 0 Å². The topological polar surface area (TPSA) is 46.5 Å². The van der Waals surface area contributed by atoms with Crippen LogP contribution >= 0.6 is 0 Å². The number of esters is 1. The maximum absolute atomic E-state index is 11.6. The molecule has 1 aliphatic heterocycles. The lowest BCUT2D eigenvalue weighted by molar-refractivity contribution is -0.161. The predicted molar refractivity (Wildman–Crippen MR) is 58.7 cm³/mol. The Morgan fingerprint density at radius 2 is 2.12 bits per heavy atom. The third kappa shape index (κ3) is 1.27. The van der Waals surface area contributed by atoms with E-state index in [1.54, 1.807) is 0 Å². The van der Waals surface area contributed by atoms with Crippen molar-refractivity contribution in [1.29, 1.82) is 0 Å². The fourth-order valence-corrected chi connectivity index (χ4v) is 4.35. The first-order chi connectivity index (χ1) is 7.46. The SMILES string of the molecule is CC1(C)OC(=O)CC[C@]23C[C@H]2[C@H](O)CC[C@@H]13. The average molecular weight is 224 g/mol. The van der Waals surface area contributed by atoms with E-state index in [1.165, 1.54) is 0 Å². The summed E-state index contributed by atoms with van der Waals surface area (Å²) in [5.74, 6) is 0.814. The van der Waals surface area contributed by atoms with Crippen LogP contribution in [0.2, 0.25) is 0 Å². The maximum Gasteiger partial charge on any atom is 0.306 e. The van der Waals surface area contributed by atoms with Gasteiger partial charge in [0.05, 0.1) is 6.10 Å². The van der Waals surface area contributed by atoms with Crippen molar-refractivity contribution in [2.24, 2.45) is 17.3 Å². The molecular formula is C13H20O3. The first-order valence-corrected chi connectivity index (χ1v) is 6.36. The zero-order valence-corrected chi connectivity index (χ0v) is 10.0. The molecule has 1 heterocycles. The molecule has 3 aliphatic rings. The van der Waals surface area contributed by atoms with E-state index in [0.717, 1.165) is 25.7 Å². The second-order valence-electron chi connectivity index (χ2n) is 6.32. The van der Waals surface area contributed by atoms with Gasteiger partial charge in [-0.15, -0.1) is 0 Å². The Balaban J connectivity index is 1.94. The summed E-state index contributed by atoms with van der Waals surface area (Å²) >= 11 is 0. The molecule has 2 saturated carbocycles. The fraction of sp³-hybridized carbons (Fsp3) is 0.923. The van der Waals surface area contributed by atoms with E-state index in [4.69, 9.17) is 4.74 Å². The van der Waals surface area contributed by atoms with E-state index in [9.17, 15) is 9.90 Å². The number of aliphatic hydroxyl groups excluding tert-OH is 1. The minimum absolute atomic E-state index is 0.0612. The minimum Gasteiger partial charge on any atom is -0.459 e. The molecule has 3 nitrogen and oxygen atoms in total. The molecular weight excluding hydrogens is 204 g/mol. The van der Waals surface area contributed by atoms with Gasteiger partial charge >= 0.3 is 5.97 Å². The smallest absolute Gasteiger partial charge is 0.306 e. The molecule has 1 N–H and O–H groups in total. The van der Waals surface area contributed by atoms with Crippen LogP contribution in [-0.4, -0.2) is 22.8 Å². The largest absolute Gasteiger partial charge is 0.459 e. The molecule has 4 atom stereocenters. The summed E-state index contributed by atoms with van der Waals surface area (Å²) in [5, 5.41) is 9.96. The summed E-state index contributed by atoms with van der Waals surface area (Å²) in [5.41, 5.74) is -0.129. The molecule has 2 aliphatic carbocycles. The van der Waals surface area contributed by atoms with Crippen LogP contribution in [0.3, 0.4) is 0 Å². The van der Waals surface area contributed by atoms with Crippen LogP contribution in [0, 0.1) is 17.3 Å². The lowest BCUT2D eigenvalue weighted by Gasteiger charge is -2.41. The van der Waals surface area contributed by atoms with Gasteiger partial charge in [0, 0.05) is 12.3 Å². The van der Waals surface area contributed by atoms with E-state index in [-0.39, 0.29) is 23.1 Å². The third-order valence-electron chi connectivity index (χ3n) is 5.10. The van der Waals surface area contributed by atoms with Gasteiger partial charge in [-0.2, -0.15) is 0 Å². The van der Waals surface area contributed by atoms with Gasteiger partial charge in [-0.05, 0) is 50.9 Å². The van der Waals surface area contributed by atoms with Crippen molar-refractivity contribution >= 4 is 5.97 Å². The molecule has 1 saturated heterocycles. The Kier molecular flexibility index (Phi) is 1.99. The highest BCUT2D eigenvalue weighted by atomic mass is 16.6. The van der Waals surface area contributed by atoms with Crippen LogP contribution in [0.15, 0.2) is 0 Å². The summed E-state index contributed by atoms with van der Waals surface area (Å²) < 4.78 is 5.57. The van der Waals surface area contributed by atoms with Gasteiger partial charge in [0.15, 0.2) is 0 Å². The molecule has 0 radical (unpaired) electrons. The first kappa shape index (κ1) is 10.6. The van der Waals surface area contributed by atoms with Gasteiger partial charge in [0.25, 0.3) is 0 Å². The number of cyclic esters (lactones) is 1. The van der Waals surface area contributed by atoms with Crippen molar-refractivity contribution in [3.8, 4) is 0 Å². The molecule has 0 aromatic carbocycles. The van der Waals surface area contributed by atoms with Gasteiger partial charge < -0.3 is 9.84 Å². The van der Waals surface area contributed by atoms with Gasteiger partial charge in [0.2, 0.25) is 0 Å².